The third-order valence-corrected chi connectivity index (χ3v) is 5.97. The summed E-state index contributed by atoms with van der Waals surface area (Å²) in [6.07, 6.45) is 14.5. The van der Waals surface area contributed by atoms with Crippen LogP contribution in [-0.4, -0.2) is 78.0 Å². The highest BCUT2D eigenvalue weighted by molar-refractivity contribution is 5.69. The van der Waals surface area contributed by atoms with Crippen LogP contribution in [0.3, 0.4) is 0 Å². The van der Waals surface area contributed by atoms with Crippen molar-refractivity contribution in [2.24, 2.45) is 0 Å². The maximum absolute atomic E-state index is 11.8. The number of hydrogen-bond acceptors (Lipinski definition) is 8. The Balaban J connectivity index is 3.25. The van der Waals surface area contributed by atoms with E-state index in [4.69, 9.17) is 28.4 Å². The van der Waals surface area contributed by atoms with Gasteiger partial charge in [-0.3, -0.25) is 9.59 Å². The van der Waals surface area contributed by atoms with Gasteiger partial charge in [-0.2, -0.15) is 0 Å². The van der Waals surface area contributed by atoms with Gasteiger partial charge in [-0.15, -0.1) is 0 Å². The van der Waals surface area contributed by atoms with Crippen molar-refractivity contribution in [3.63, 3.8) is 0 Å². The number of unbranched alkanes of at least 4 members (excludes halogenated alkanes) is 9. The Morgan fingerprint density at radius 2 is 0.658 bits per heavy atom. The highest BCUT2D eigenvalue weighted by Crippen LogP contribution is 2.10. The van der Waals surface area contributed by atoms with Gasteiger partial charge in [0, 0.05) is 65.7 Å². The second-order valence-corrected chi connectivity index (χ2v) is 9.51. The molecule has 0 rings (SSSR count). The molecular formula is C30H58O8. The van der Waals surface area contributed by atoms with E-state index in [9.17, 15) is 9.59 Å². The van der Waals surface area contributed by atoms with Crippen molar-refractivity contribution >= 4 is 11.9 Å². The van der Waals surface area contributed by atoms with Gasteiger partial charge in [-0.05, 0) is 78.1 Å². The molecule has 0 heterocycles. The second-order valence-electron chi connectivity index (χ2n) is 9.51. The van der Waals surface area contributed by atoms with E-state index in [2.05, 4.69) is 0 Å². The second kappa shape index (κ2) is 32.0. The first-order chi connectivity index (χ1) is 18.7. The molecule has 0 fully saturated rings. The summed E-state index contributed by atoms with van der Waals surface area (Å²) in [5, 5.41) is 0. The van der Waals surface area contributed by atoms with E-state index < -0.39 is 0 Å². The van der Waals surface area contributed by atoms with Crippen LogP contribution in [0.1, 0.15) is 117 Å². The molecule has 0 saturated carbocycles. The van der Waals surface area contributed by atoms with Crippen molar-refractivity contribution in [3.8, 4) is 0 Å². The quantitative estimate of drug-likeness (QED) is 0.0727. The first-order valence-electron chi connectivity index (χ1n) is 15.3. The lowest BCUT2D eigenvalue weighted by Gasteiger charge is -2.07. The largest absolute Gasteiger partial charge is 0.466 e. The van der Waals surface area contributed by atoms with Gasteiger partial charge in [0.1, 0.15) is 0 Å². The van der Waals surface area contributed by atoms with E-state index in [1.807, 2.05) is 13.8 Å². The molecule has 0 aliphatic rings. The summed E-state index contributed by atoms with van der Waals surface area (Å²) in [7, 11) is 0. The van der Waals surface area contributed by atoms with Crippen LogP contribution in [0.15, 0.2) is 0 Å². The SMILES string of the molecule is CCOCCCCOCCCCOC(=O)CCCCCCCCC(=O)OCCCCOCCCCOCC. The Kier molecular flexibility index (Phi) is 31.0. The van der Waals surface area contributed by atoms with Crippen molar-refractivity contribution in [1.82, 2.24) is 0 Å². The Morgan fingerprint density at radius 1 is 0.368 bits per heavy atom. The molecule has 226 valence electrons. The molecule has 0 radical (unpaired) electrons. The zero-order chi connectivity index (χ0) is 27.8. The van der Waals surface area contributed by atoms with Gasteiger partial charge >= 0.3 is 11.9 Å². The molecule has 38 heavy (non-hydrogen) atoms. The lowest BCUT2D eigenvalue weighted by atomic mass is 10.1. The fraction of sp³-hybridized carbons (Fsp3) is 0.933. The molecule has 0 aromatic rings. The molecule has 0 spiro atoms. The van der Waals surface area contributed by atoms with Gasteiger partial charge in [0.2, 0.25) is 0 Å². The van der Waals surface area contributed by atoms with Crippen LogP contribution in [0.25, 0.3) is 0 Å². The van der Waals surface area contributed by atoms with Gasteiger partial charge in [-0.25, -0.2) is 0 Å². The third kappa shape index (κ3) is 31.0. The van der Waals surface area contributed by atoms with E-state index in [1.165, 1.54) is 0 Å². The molecule has 0 aromatic carbocycles. The number of esters is 2. The standard InChI is InChI=1S/C30H58O8/c1-3-33-21-11-13-23-35-25-15-17-27-37-29(31)19-9-7-5-6-8-10-20-30(32)38-28-18-16-26-36-24-14-12-22-34-4-2/h3-28H2,1-2H3. The lowest BCUT2D eigenvalue weighted by Crippen LogP contribution is -2.07. The van der Waals surface area contributed by atoms with Crippen molar-refractivity contribution in [2.75, 3.05) is 66.1 Å². The highest BCUT2D eigenvalue weighted by Gasteiger charge is 2.04. The zero-order valence-electron chi connectivity index (χ0n) is 24.7. The van der Waals surface area contributed by atoms with Crippen LogP contribution in [0.4, 0.5) is 0 Å². The Hall–Kier alpha value is -1.22. The van der Waals surface area contributed by atoms with Gasteiger partial charge in [0.15, 0.2) is 0 Å². The van der Waals surface area contributed by atoms with Gasteiger partial charge in [-0.1, -0.05) is 25.7 Å². The van der Waals surface area contributed by atoms with Gasteiger partial charge in [0.25, 0.3) is 0 Å². The normalized spacial score (nSPS) is 11.1. The molecule has 0 atom stereocenters. The predicted octanol–water partition coefficient (Wildman–Crippen LogP) is 6.42. The van der Waals surface area contributed by atoms with Crippen molar-refractivity contribution in [2.45, 2.75) is 117 Å². The summed E-state index contributed by atoms with van der Waals surface area (Å²) in [4.78, 5) is 23.6. The van der Waals surface area contributed by atoms with E-state index >= 15 is 0 Å². The average molecular weight is 547 g/mol. The number of carbonyl (C=O) groups excluding carboxylic acids is 2. The van der Waals surface area contributed by atoms with Gasteiger partial charge < -0.3 is 28.4 Å². The number of rotatable bonds is 31. The first-order valence-corrected chi connectivity index (χ1v) is 15.3. The molecule has 8 heteroatoms. The fourth-order valence-electron chi connectivity index (χ4n) is 3.68. The highest BCUT2D eigenvalue weighted by atomic mass is 16.5. The molecule has 0 amide bonds. The van der Waals surface area contributed by atoms with Crippen molar-refractivity contribution in [3.05, 3.63) is 0 Å². The lowest BCUT2D eigenvalue weighted by molar-refractivity contribution is -0.145. The summed E-state index contributed by atoms with van der Waals surface area (Å²) in [5.74, 6) is -0.206. The Bertz CT molecular complexity index is 457. The monoisotopic (exact) mass is 546 g/mol. The zero-order valence-corrected chi connectivity index (χ0v) is 24.7. The van der Waals surface area contributed by atoms with Crippen LogP contribution in [0.5, 0.6) is 0 Å². The van der Waals surface area contributed by atoms with Crippen LogP contribution < -0.4 is 0 Å². The van der Waals surface area contributed by atoms with E-state index in [0.717, 1.165) is 143 Å². The Labute approximate surface area is 232 Å². The predicted molar refractivity (Wildman–Crippen MR) is 150 cm³/mol. The molecule has 0 bridgehead atoms. The summed E-state index contributed by atoms with van der Waals surface area (Å²) in [6, 6.07) is 0. The first kappa shape index (κ1) is 36.8. The molecule has 0 aromatic heterocycles. The van der Waals surface area contributed by atoms with Crippen LogP contribution in [0, 0.1) is 0 Å². The van der Waals surface area contributed by atoms with Crippen molar-refractivity contribution in [1.29, 1.82) is 0 Å². The summed E-state index contributed by atoms with van der Waals surface area (Å²) in [6.45, 7) is 11.1. The maximum Gasteiger partial charge on any atom is 0.305 e. The summed E-state index contributed by atoms with van der Waals surface area (Å²) in [5.41, 5.74) is 0. The van der Waals surface area contributed by atoms with E-state index in [1.54, 1.807) is 0 Å². The Morgan fingerprint density at radius 3 is 1.00 bits per heavy atom. The molecule has 0 unspecified atom stereocenters. The molecule has 8 nitrogen and oxygen atoms in total. The number of hydrogen-bond donors (Lipinski definition) is 0. The minimum Gasteiger partial charge on any atom is -0.466 e. The molecule has 0 aliphatic carbocycles. The van der Waals surface area contributed by atoms with Gasteiger partial charge in [0.05, 0.1) is 13.2 Å². The number of ether oxygens (including phenoxy) is 6. The summed E-state index contributed by atoms with van der Waals surface area (Å²) < 4.78 is 32.3. The smallest absolute Gasteiger partial charge is 0.305 e. The minimum atomic E-state index is -0.103. The van der Waals surface area contributed by atoms with E-state index in [0.29, 0.717) is 26.1 Å². The third-order valence-electron chi connectivity index (χ3n) is 5.97. The van der Waals surface area contributed by atoms with Crippen molar-refractivity contribution < 1.29 is 38.0 Å². The molecule has 0 N–H and O–H groups in total. The average Bonchev–Trinajstić information content (AvgIpc) is 2.91. The fourth-order valence-corrected chi connectivity index (χ4v) is 3.68. The van der Waals surface area contributed by atoms with Crippen LogP contribution >= 0.6 is 0 Å². The molecular weight excluding hydrogens is 488 g/mol. The summed E-state index contributed by atoms with van der Waals surface area (Å²) >= 11 is 0. The molecule has 0 aliphatic heterocycles. The maximum atomic E-state index is 11.8. The topological polar surface area (TPSA) is 89.5 Å². The minimum absolute atomic E-state index is 0.103. The molecule has 0 saturated heterocycles. The number of carbonyl (C=O) groups is 2. The van der Waals surface area contributed by atoms with Crippen LogP contribution in [0.2, 0.25) is 0 Å². The van der Waals surface area contributed by atoms with Crippen LogP contribution in [-0.2, 0) is 38.0 Å². The van der Waals surface area contributed by atoms with E-state index in [-0.39, 0.29) is 11.9 Å².